The van der Waals surface area contributed by atoms with Crippen LogP contribution in [0.2, 0.25) is 0 Å². The fraction of sp³-hybridized carbons (Fsp3) is 0.500. The third-order valence-electron chi connectivity index (χ3n) is 3.00. The van der Waals surface area contributed by atoms with Gasteiger partial charge in [-0.1, -0.05) is 30.3 Å². The molecule has 0 spiro atoms. The second-order valence-electron chi connectivity index (χ2n) is 5.17. The maximum Gasteiger partial charge on any atom is 0.317 e. The zero-order valence-electron chi connectivity index (χ0n) is 11.0. The Morgan fingerprint density at radius 1 is 1.39 bits per heavy atom. The summed E-state index contributed by atoms with van der Waals surface area (Å²) in [5.74, 6) is 1.02. The van der Waals surface area contributed by atoms with Gasteiger partial charge in [0.15, 0.2) is 0 Å². The first-order valence-corrected chi connectivity index (χ1v) is 7.26. The first kappa shape index (κ1) is 13.3. The van der Waals surface area contributed by atoms with Crippen LogP contribution in [-0.4, -0.2) is 34.5 Å². The molecule has 98 valence electrons. The van der Waals surface area contributed by atoms with Gasteiger partial charge in [0.1, 0.15) is 0 Å². The highest BCUT2D eigenvalue weighted by atomic mass is 32.2. The highest BCUT2D eigenvalue weighted by Gasteiger charge is 2.29. The minimum Gasteiger partial charge on any atom is -0.334 e. The van der Waals surface area contributed by atoms with Crippen LogP contribution >= 0.6 is 11.8 Å². The molecule has 18 heavy (non-hydrogen) atoms. The van der Waals surface area contributed by atoms with Gasteiger partial charge in [-0.15, -0.1) is 0 Å². The van der Waals surface area contributed by atoms with E-state index < -0.39 is 0 Å². The molecule has 0 atom stereocenters. The summed E-state index contributed by atoms with van der Waals surface area (Å²) < 4.78 is 0.169. The summed E-state index contributed by atoms with van der Waals surface area (Å²) in [5, 5.41) is 2.98. The van der Waals surface area contributed by atoms with Crippen molar-refractivity contribution in [3.63, 3.8) is 0 Å². The van der Waals surface area contributed by atoms with Crippen molar-refractivity contribution in [3.05, 3.63) is 35.9 Å². The van der Waals surface area contributed by atoms with Crippen molar-refractivity contribution in [2.24, 2.45) is 0 Å². The van der Waals surface area contributed by atoms with Crippen LogP contribution < -0.4 is 5.32 Å². The number of amides is 2. The fourth-order valence-corrected chi connectivity index (χ4v) is 3.19. The number of nitrogens with zero attached hydrogens (tertiary/aromatic N) is 1. The summed E-state index contributed by atoms with van der Waals surface area (Å²) in [5.41, 5.74) is 1.14. The van der Waals surface area contributed by atoms with Gasteiger partial charge in [-0.2, -0.15) is 11.8 Å². The van der Waals surface area contributed by atoms with Gasteiger partial charge in [0, 0.05) is 30.1 Å². The van der Waals surface area contributed by atoms with Crippen LogP contribution in [-0.2, 0) is 6.54 Å². The molecular weight excluding hydrogens is 244 g/mol. The molecule has 1 aromatic rings. The van der Waals surface area contributed by atoms with E-state index in [1.165, 1.54) is 0 Å². The van der Waals surface area contributed by atoms with Crippen molar-refractivity contribution in [1.29, 1.82) is 0 Å². The maximum absolute atomic E-state index is 12.1. The standard InChI is InChI=1S/C14H20N2OS/c1-14(2)11-16(8-9-18-14)13(17)15-10-12-6-4-3-5-7-12/h3-7H,8-11H2,1-2H3,(H,15,17). The van der Waals surface area contributed by atoms with E-state index in [1.807, 2.05) is 47.0 Å². The Labute approximate surface area is 113 Å². The van der Waals surface area contributed by atoms with E-state index in [1.54, 1.807) is 0 Å². The molecule has 3 nitrogen and oxygen atoms in total. The minimum absolute atomic E-state index is 0.0484. The van der Waals surface area contributed by atoms with E-state index in [2.05, 4.69) is 19.2 Å². The first-order chi connectivity index (χ1) is 8.57. The summed E-state index contributed by atoms with van der Waals surface area (Å²) in [6.45, 7) is 6.64. The molecule has 1 saturated heterocycles. The average molecular weight is 264 g/mol. The Kier molecular flexibility index (Phi) is 4.17. The first-order valence-electron chi connectivity index (χ1n) is 6.27. The van der Waals surface area contributed by atoms with Crippen LogP contribution in [0.25, 0.3) is 0 Å². The number of rotatable bonds is 2. The van der Waals surface area contributed by atoms with E-state index in [4.69, 9.17) is 0 Å². The van der Waals surface area contributed by atoms with Crippen molar-refractivity contribution < 1.29 is 4.79 Å². The molecule has 2 amide bonds. The lowest BCUT2D eigenvalue weighted by Gasteiger charge is -2.37. The number of carbonyl (C=O) groups excluding carboxylic acids is 1. The number of hydrogen-bond acceptors (Lipinski definition) is 2. The number of thioether (sulfide) groups is 1. The predicted molar refractivity (Wildman–Crippen MR) is 76.8 cm³/mol. The highest BCUT2D eigenvalue weighted by molar-refractivity contribution is 8.00. The second kappa shape index (κ2) is 5.65. The van der Waals surface area contributed by atoms with Crippen molar-refractivity contribution in [2.45, 2.75) is 25.1 Å². The summed E-state index contributed by atoms with van der Waals surface area (Å²) in [6, 6.07) is 10.1. The Morgan fingerprint density at radius 2 is 2.11 bits per heavy atom. The largest absolute Gasteiger partial charge is 0.334 e. The summed E-state index contributed by atoms with van der Waals surface area (Å²) in [6.07, 6.45) is 0. The number of urea groups is 1. The van der Waals surface area contributed by atoms with Crippen LogP contribution in [0.5, 0.6) is 0 Å². The van der Waals surface area contributed by atoms with Gasteiger partial charge in [-0.3, -0.25) is 0 Å². The van der Waals surface area contributed by atoms with Crippen LogP contribution in [0.15, 0.2) is 30.3 Å². The summed E-state index contributed by atoms with van der Waals surface area (Å²) >= 11 is 1.93. The Balaban J connectivity index is 1.85. The van der Waals surface area contributed by atoms with Gasteiger partial charge >= 0.3 is 6.03 Å². The van der Waals surface area contributed by atoms with Crippen LogP contribution in [0, 0.1) is 0 Å². The molecule has 1 fully saturated rings. The molecule has 2 rings (SSSR count). The molecule has 1 aliphatic rings. The predicted octanol–water partition coefficient (Wildman–Crippen LogP) is 2.72. The van der Waals surface area contributed by atoms with Crippen LogP contribution in [0.4, 0.5) is 4.79 Å². The number of carbonyl (C=O) groups is 1. The smallest absolute Gasteiger partial charge is 0.317 e. The summed E-state index contributed by atoms with van der Waals surface area (Å²) in [4.78, 5) is 14.0. The van der Waals surface area contributed by atoms with Gasteiger partial charge in [0.2, 0.25) is 0 Å². The molecule has 0 aromatic heterocycles. The van der Waals surface area contributed by atoms with Gasteiger partial charge in [-0.25, -0.2) is 4.79 Å². The average Bonchev–Trinajstić information content (AvgIpc) is 2.36. The molecule has 0 saturated carbocycles. The Hall–Kier alpha value is -1.16. The molecule has 0 unspecified atom stereocenters. The second-order valence-corrected chi connectivity index (χ2v) is 6.98. The van der Waals surface area contributed by atoms with Gasteiger partial charge in [-0.05, 0) is 19.4 Å². The van der Waals surface area contributed by atoms with E-state index in [9.17, 15) is 4.79 Å². The summed E-state index contributed by atoms with van der Waals surface area (Å²) in [7, 11) is 0. The normalized spacial score (nSPS) is 18.4. The van der Waals surface area contributed by atoms with Gasteiger partial charge in [0.25, 0.3) is 0 Å². The molecule has 0 bridgehead atoms. The zero-order valence-corrected chi connectivity index (χ0v) is 11.8. The molecule has 0 aliphatic carbocycles. The van der Waals surface area contributed by atoms with Crippen molar-refractivity contribution in [3.8, 4) is 0 Å². The maximum atomic E-state index is 12.1. The molecule has 1 heterocycles. The van der Waals surface area contributed by atoms with E-state index in [0.29, 0.717) is 6.54 Å². The monoisotopic (exact) mass is 264 g/mol. The van der Waals surface area contributed by atoms with Gasteiger partial charge in [0.05, 0.1) is 0 Å². The quantitative estimate of drug-likeness (QED) is 0.891. The Bertz CT molecular complexity index is 406. The van der Waals surface area contributed by atoms with Crippen molar-refractivity contribution in [2.75, 3.05) is 18.8 Å². The molecule has 1 N–H and O–H groups in total. The number of benzene rings is 1. The SMILES string of the molecule is CC1(C)CN(C(=O)NCc2ccccc2)CCS1. The third kappa shape index (κ3) is 3.67. The molecule has 4 heteroatoms. The number of nitrogens with one attached hydrogen (secondary N) is 1. The number of hydrogen-bond donors (Lipinski definition) is 1. The van der Waals surface area contributed by atoms with Crippen molar-refractivity contribution in [1.82, 2.24) is 10.2 Å². The lowest BCUT2D eigenvalue weighted by Crippen LogP contribution is -2.49. The molecule has 1 aliphatic heterocycles. The van der Waals surface area contributed by atoms with E-state index in [0.717, 1.165) is 24.4 Å². The Morgan fingerprint density at radius 3 is 2.78 bits per heavy atom. The third-order valence-corrected chi connectivity index (χ3v) is 4.30. The van der Waals surface area contributed by atoms with Crippen LogP contribution in [0.1, 0.15) is 19.4 Å². The van der Waals surface area contributed by atoms with E-state index >= 15 is 0 Å². The highest BCUT2D eigenvalue weighted by Crippen LogP contribution is 2.29. The van der Waals surface area contributed by atoms with Crippen molar-refractivity contribution >= 4 is 17.8 Å². The van der Waals surface area contributed by atoms with Crippen LogP contribution in [0.3, 0.4) is 0 Å². The molecular formula is C14H20N2OS. The molecule has 1 aromatic carbocycles. The molecule has 0 radical (unpaired) electrons. The van der Waals surface area contributed by atoms with Gasteiger partial charge < -0.3 is 10.2 Å². The topological polar surface area (TPSA) is 32.3 Å². The van der Waals surface area contributed by atoms with E-state index in [-0.39, 0.29) is 10.8 Å². The lowest BCUT2D eigenvalue weighted by atomic mass is 10.2. The lowest BCUT2D eigenvalue weighted by molar-refractivity contribution is 0.194. The fourth-order valence-electron chi connectivity index (χ4n) is 2.08. The minimum atomic E-state index is 0.0484. The zero-order chi connectivity index (χ0) is 13.0.